The third kappa shape index (κ3) is 2.18. The molecule has 1 atom stereocenters. The molecule has 1 fully saturated rings. The average molecular weight is 209 g/mol. The van der Waals surface area contributed by atoms with Gasteiger partial charge >= 0.3 is 0 Å². The molecule has 0 bridgehead atoms. The number of nitrogens with zero attached hydrogens (tertiary/aromatic N) is 1. The molecule has 1 saturated heterocycles. The van der Waals surface area contributed by atoms with E-state index in [4.69, 9.17) is 4.52 Å². The van der Waals surface area contributed by atoms with E-state index in [1.807, 2.05) is 13.8 Å². The molecule has 1 aliphatic heterocycles. The summed E-state index contributed by atoms with van der Waals surface area (Å²) >= 11 is 0. The highest BCUT2D eigenvalue weighted by Crippen LogP contribution is 2.18. The SMILES string of the molecule is Cc1cc(NC(=O)C(C)C2CNC2)on1. The van der Waals surface area contributed by atoms with Gasteiger partial charge in [0, 0.05) is 12.0 Å². The second kappa shape index (κ2) is 4.02. The smallest absolute Gasteiger partial charge is 0.231 e. The van der Waals surface area contributed by atoms with Crippen molar-refractivity contribution in [3.8, 4) is 0 Å². The fourth-order valence-electron chi connectivity index (χ4n) is 1.54. The molecule has 1 unspecified atom stereocenters. The quantitative estimate of drug-likeness (QED) is 0.772. The first-order chi connectivity index (χ1) is 7.16. The lowest BCUT2D eigenvalue weighted by atomic mass is 9.88. The van der Waals surface area contributed by atoms with Crippen molar-refractivity contribution in [3.63, 3.8) is 0 Å². The molecule has 0 aromatic carbocycles. The first kappa shape index (κ1) is 10.2. The molecule has 1 amide bonds. The number of amides is 1. The van der Waals surface area contributed by atoms with Crippen molar-refractivity contribution in [3.05, 3.63) is 11.8 Å². The lowest BCUT2D eigenvalue weighted by Crippen LogP contribution is -2.48. The van der Waals surface area contributed by atoms with Crippen LogP contribution in [0, 0.1) is 18.8 Å². The Morgan fingerprint density at radius 3 is 2.93 bits per heavy atom. The molecule has 0 spiro atoms. The molecule has 1 aromatic rings. The van der Waals surface area contributed by atoms with Crippen molar-refractivity contribution in [1.82, 2.24) is 10.5 Å². The van der Waals surface area contributed by atoms with Crippen molar-refractivity contribution in [2.45, 2.75) is 13.8 Å². The Morgan fingerprint density at radius 2 is 2.47 bits per heavy atom. The van der Waals surface area contributed by atoms with E-state index in [-0.39, 0.29) is 11.8 Å². The van der Waals surface area contributed by atoms with Crippen molar-refractivity contribution in [2.75, 3.05) is 18.4 Å². The molecule has 0 saturated carbocycles. The molecule has 1 aromatic heterocycles. The minimum absolute atomic E-state index is 0.00218. The van der Waals surface area contributed by atoms with Crippen LogP contribution < -0.4 is 10.6 Å². The van der Waals surface area contributed by atoms with Crippen LogP contribution in [0.4, 0.5) is 5.88 Å². The second-order valence-corrected chi connectivity index (χ2v) is 4.03. The van der Waals surface area contributed by atoms with Crippen molar-refractivity contribution in [1.29, 1.82) is 0 Å². The van der Waals surface area contributed by atoms with Gasteiger partial charge in [-0.25, -0.2) is 0 Å². The van der Waals surface area contributed by atoms with Crippen molar-refractivity contribution in [2.24, 2.45) is 11.8 Å². The number of hydrogen-bond acceptors (Lipinski definition) is 4. The topological polar surface area (TPSA) is 67.2 Å². The molecule has 2 rings (SSSR count). The van der Waals surface area contributed by atoms with E-state index in [0.29, 0.717) is 11.8 Å². The summed E-state index contributed by atoms with van der Waals surface area (Å²) in [6, 6.07) is 1.71. The Kier molecular flexibility index (Phi) is 2.73. The fourth-order valence-corrected chi connectivity index (χ4v) is 1.54. The maximum absolute atomic E-state index is 11.7. The number of aromatic nitrogens is 1. The molecule has 2 heterocycles. The summed E-state index contributed by atoms with van der Waals surface area (Å²) in [7, 11) is 0. The molecular formula is C10H15N3O2. The zero-order valence-electron chi connectivity index (χ0n) is 8.91. The van der Waals surface area contributed by atoms with Gasteiger partial charge in [-0.1, -0.05) is 12.1 Å². The average Bonchev–Trinajstić information content (AvgIpc) is 2.48. The van der Waals surface area contributed by atoms with Gasteiger partial charge in [0.25, 0.3) is 0 Å². The lowest BCUT2D eigenvalue weighted by molar-refractivity contribution is -0.121. The van der Waals surface area contributed by atoms with Crippen LogP contribution in [0.15, 0.2) is 10.6 Å². The normalized spacial score (nSPS) is 18.3. The van der Waals surface area contributed by atoms with E-state index in [2.05, 4.69) is 15.8 Å². The molecule has 0 aliphatic carbocycles. The molecule has 5 nitrogen and oxygen atoms in total. The van der Waals surface area contributed by atoms with Crippen LogP contribution >= 0.6 is 0 Å². The highest BCUT2D eigenvalue weighted by atomic mass is 16.5. The Hall–Kier alpha value is -1.36. The maximum atomic E-state index is 11.7. The second-order valence-electron chi connectivity index (χ2n) is 4.03. The number of carbonyl (C=O) groups is 1. The zero-order valence-corrected chi connectivity index (χ0v) is 8.91. The van der Waals surface area contributed by atoms with Crippen LogP contribution in [0.2, 0.25) is 0 Å². The van der Waals surface area contributed by atoms with E-state index in [9.17, 15) is 4.79 Å². The molecule has 2 N–H and O–H groups in total. The van der Waals surface area contributed by atoms with Gasteiger partial charge in [-0.2, -0.15) is 0 Å². The van der Waals surface area contributed by atoms with E-state index in [1.54, 1.807) is 6.07 Å². The third-order valence-corrected chi connectivity index (χ3v) is 2.81. The van der Waals surface area contributed by atoms with Crippen LogP contribution in [-0.4, -0.2) is 24.2 Å². The van der Waals surface area contributed by atoms with E-state index in [0.717, 1.165) is 18.8 Å². The standard InChI is InChI=1S/C10H15N3O2/c1-6-3-9(15-13-6)12-10(14)7(2)8-4-11-5-8/h3,7-8,11H,4-5H2,1-2H3,(H,12,14). The first-order valence-corrected chi connectivity index (χ1v) is 5.11. The highest BCUT2D eigenvalue weighted by Gasteiger charge is 2.29. The largest absolute Gasteiger partial charge is 0.338 e. The lowest BCUT2D eigenvalue weighted by Gasteiger charge is -2.31. The van der Waals surface area contributed by atoms with E-state index in [1.165, 1.54) is 0 Å². The monoisotopic (exact) mass is 209 g/mol. The predicted molar refractivity (Wildman–Crippen MR) is 55.4 cm³/mol. The molecule has 1 aliphatic rings. The van der Waals surface area contributed by atoms with Crippen molar-refractivity contribution < 1.29 is 9.32 Å². The number of anilines is 1. The fraction of sp³-hybridized carbons (Fsp3) is 0.600. The van der Waals surface area contributed by atoms with E-state index < -0.39 is 0 Å². The molecular weight excluding hydrogens is 194 g/mol. The minimum atomic E-state index is -0.00218. The summed E-state index contributed by atoms with van der Waals surface area (Å²) in [5.74, 6) is 0.875. The maximum Gasteiger partial charge on any atom is 0.231 e. The summed E-state index contributed by atoms with van der Waals surface area (Å²) in [5.41, 5.74) is 0.767. The number of rotatable bonds is 3. The number of carbonyl (C=O) groups excluding carboxylic acids is 1. The van der Waals surface area contributed by atoms with Crippen LogP contribution in [0.5, 0.6) is 0 Å². The van der Waals surface area contributed by atoms with Crippen LogP contribution in [-0.2, 0) is 4.79 Å². The van der Waals surface area contributed by atoms with Gasteiger partial charge in [-0.05, 0) is 25.9 Å². The number of hydrogen-bond donors (Lipinski definition) is 2. The minimum Gasteiger partial charge on any atom is -0.338 e. The summed E-state index contributed by atoms with van der Waals surface area (Å²) < 4.78 is 4.92. The molecule has 82 valence electrons. The molecule has 15 heavy (non-hydrogen) atoms. The van der Waals surface area contributed by atoms with Gasteiger partial charge in [-0.15, -0.1) is 0 Å². The van der Waals surface area contributed by atoms with Crippen molar-refractivity contribution >= 4 is 11.8 Å². The Labute approximate surface area is 88.2 Å². The summed E-state index contributed by atoms with van der Waals surface area (Å²) in [6.07, 6.45) is 0. The number of aryl methyl sites for hydroxylation is 1. The van der Waals surface area contributed by atoms with E-state index >= 15 is 0 Å². The Balaban J connectivity index is 1.91. The first-order valence-electron chi connectivity index (χ1n) is 5.11. The Bertz CT molecular complexity index is 357. The van der Waals surface area contributed by atoms with Gasteiger partial charge in [0.15, 0.2) is 0 Å². The molecule has 0 radical (unpaired) electrons. The zero-order chi connectivity index (χ0) is 10.8. The van der Waals surface area contributed by atoms with Gasteiger partial charge in [0.05, 0.1) is 5.69 Å². The number of nitrogens with one attached hydrogen (secondary N) is 2. The third-order valence-electron chi connectivity index (χ3n) is 2.81. The summed E-state index contributed by atoms with van der Waals surface area (Å²) in [6.45, 7) is 5.59. The van der Waals surface area contributed by atoms with Crippen LogP contribution in [0.3, 0.4) is 0 Å². The summed E-state index contributed by atoms with van der Waals surface area (Å²) in [5, 5.41) is 9.57. The Morgan fingerprint density at radius 1 is 1.73 bits per heavy atom. The van der Waals surface area contributed by atoms with Gasteiger partial charge < -0.3 is 9.84 Å². The van der Waals surface area contributed by atoms with Gasteiger partial charge in [-0.3, -0.25) is 10.1 Å². The van der Waals surface area contributed by atoms with Crippen LogP contribution in [0.25, 0.3) is 0 Å². The highest BCUT2D eigenvalue weighted by molar-refractivity contribution is 5.91. The van der Waals surface area contributed by atoms with Gasteiger partial charge in [0.2, 0.25) is 11.8 Å². The van der Waals surface area contributed by atoms with Crippen LogP contribution in [0.1, 0.15) is 12.6 Å². The predicted octanol–water partition coefficient (Wildman–Crippen LogP) is 0.777. The summed E-state index contributed by atoms with van der Waals surface area (Å²) in [4.78, 5) is 11.7. The molecule has 5 heteroatoms. The van der Waals surface area contributed by atoms with Gasteiger partial charge in [0.1, 0.15) is 0 Å².